The van der Waals surface area contributed by atoms with Crippen LogP contribution in [0.15, 0.2) is 48.6 Å². The molecule has 0 unspecified atom stereocenters. The molecule has 2 N–H and O–H groups in total. The van der Waals surface area contributed by atoms with Gasteiger partial charge in [-0.3, -0.25) is 4.79 Å². The lowest BCUT2D eigenvalue weighted by Gasteiger charge is -2.49. The van der Waals surface area contributed by atoms with Gasteiger partial charge in [0.1, 0.15) is 5.75 Å². The van der Waals surface area contributed by atoms with Crippen LogP contribution in [0.3, 0.4) is 0 Å². The molecule has 7 nitrogen and oxygen atoms in total. The molecule has 2 aliphatic heterocycles. The van der Waals surface area contributed by atoms with Crippen LogP contribution in [0.5, 0.6) is 5.75 Å². The van der Waals surface area contributed by atoms with Gasteiger partial charge in [-0.15, -0.1) is 0 Å². The molecule has 2 aromatic rings. The van der Waals surface area contributed by atoms with Crippen LogP contribution in [0.2, 0.25) is 5.02 Å². The number of hydrogen-bond donors (Lipinski definition) is 2. The number of carbonyl (C=O) groups is 1. The van der Waals surface area contributed by atoms with E-state index in [-0.39, 0.29) is 37.8 Å². The Morgan fingerprint density at radius 3 is 2.67 bits per heavy atom. The van der Waals surface area contributed by atoms with Gasteiger partial charge in [0.15, 0.2) is 5.60 Å². The second-order valence-corrected chi connectivity index (χ2v) is 15.4. The van der Waals surface area contributed by atoms with E-state index >= 15 is 0 Å². The third-order valence-corrected chi connectivity index (χ3v) is 12.5. The molecular formula is C33H38ClF3N2O5S. The number of benzene rings is 2. The zero-order valence-corrected chi connectivity index (χ0v) is 26.6. The average Bonchev–Trinajstić information content (AvgIpc) is 3.10. The van der Waals surface area contributed by atoms with E-state index in [1.54, 1.807) is 19.1 Å². The molecule has 6 rings (SSSR count). The predicted molar refractivity (Wildman–Crippen MR) is 166 cm³/mol. The van der Waals surface area contributed by atoms with Gasteiger partial charge < -0.3 is 14.7 Å². The van der Waals surface area contributed by atoms with Crippen LogP contribution in [0.1, 0.15) is 73.4 Å². The molecule has 244 valence electrons. The van der Waals surface area contributed by atoms with Crippen molar-refractivity contribution in [3.63, 3.8) is 0 Å². The Morgan fingerprint density at radius 1 is 1.16 bits per heavy atom. The van der Waals surface area contributed by atoms with Gasteiger partial charge in [-0.1, -0.05) is 30.7 Å². The van der Waals surface area contributed by atoms with Crippen LogP contribution in [0.4, 0.5) is 18.9 Å². The van der Waals surface area contributed by atoms with Gasteiger partial charge in [0.25, 0.3) is 5.91 Å². The number of nitrogens with one attached hydrogen (secondary N) is 1. The summed E-state index contributed by atoms with van der Waals surface area (Å²) in [4.78, 5) is 15.3. The number of rotatable bonds is 1. The first-order chi connectivity index (χ1) is 21.3. The van der Waals surface area contributed by atoms with Crippen LogP contribution in [-0.2, 0) is 21.9 Å². The Morgan fingerprint density at radius 2 is 1.96 bits per heavy atom. The Hall–Kier alpha value is -2.76. The molecule has 4 aliphatic rings. The second-order valence-electron chi connectivity index (χ2n) is 13.0. The van der Waals surface area contributed by atoms with Crippen molar-refractivity contribution in [1.82, 2.24) is 4.72 Å². The summed E-state index contributed by atoms with van der Waals surface area (Å²) in [5.74, 6) is -1.89. The Bertz CT molecular complexity index is 1620. The Balaban J connectivity index is 1.46. The van der Waals surface area contributed by atoms with Gasteiger partial charge in [-0.2, -0.15) is 13.2 Å². The summed E-state index contributed by atoms with van der Waals surface area (Å²) in [6, 6.07) is 10.5. The van der Waals surface area contributed by atoms with Gasteiger partial charge in [0.2, 0.25) is 10.0 Å². The van der Waals surface area contributed by atoms with Crippen LogP contribution >= 0.6 is 11.6 Å². The van der Waals surface area contributed by atoms with Gasteiger partial charge in [-0.25, -0.2) is 13.1 Å². The summed E-state index contributed by atoms with van der Waals surface area (Å²) < 4.78 is 78.7. The summed E-state index contributed by atoms with van der Waals surface area (Å²) in [5.41, 5.74) is -0.761. The van der Waals surface area contributed by atoms with Crippen molar-refractivity contribution in [2.75, 3.05) is 24.6 Å². The van der Waals surface area contributed by atoms with Gasteiger partial charge in [0, 0.05) is 35.0 Å². The number of aryl methyl sites for hydroxylation is 1. The van der Waals surface area contributed by atoms with E-state index < -0.39 is 50.2 Å². The number of hydrogen-bond acceptors (Lipinski definition) is 6. The highest BCUT2D eigenvalue weighted by atomic mass is 35.5. The lowest BCUT2D eigenvalue weighted by molar-refractivity contribution is -0.273. The molecule has 1 amide bonds. The van der Waals surface area contributed by atoms with Crippen molar-refractivity contribution in [1.29, 1.82) is 0 Å². The smallest absolute Gasteiger partial charge is 0.421 e. The van der Waals surface area contributed by atoms with E-state index in [1.165, 1.54) is 12.1 Å². The quantitative estimate of drug-likeness (QED) is 0.346. The molecule has 1 spiro atoms. The molecule has 1 fully saturated rings. The summed E-state index contributed by atoms with van der Waals surface area (Å²) in [5, 5.41) is 10.9. The summed E-state index contributed by atoms with van der Waals surface area (Å²) in [6.45, 7) is 2.55. The minimum absolute atomic E-state index is 0.00177. The maximum Gasteiger partial charge on any atom is 0.421 e. The van der Waals surface area contributed by atoms with E-state index in [9.17, 15) is 31.5 Å². The maximum absolute atomic E-state index is 14.6. The average molecular weight is 667 g/mol. The predicted octanol–water partition coefficient (Wildman–Crippen LogP) is 6.32. The first-order valence-electron chi connectivity index (χ1n) is 15.6. The fourth-order valence-electron chi connectivity index (χ4n) is 7.73. The summed E-state index contributed by atoms with van der Waals surface area (Å²) in [6.07, 6.45) is 0.469. The standard InChI is InChI=1S/C33H38ClF3N2O5S/c1-2-25-7-3-4-15-32(41,33(35,36)37)27-11-8-23(27)18-39-19-31(14-5-6-21-16-24(34)10-12-26(21)31)20-44-29-13-9-22(17-28(29)39)30(40)38-45(25,42)43/h4,9-10,12-13,15-17,23,25,27,41H,2-3,5-8,11,14,18-20H2,1H3,(H,38,40)/b15-4+/t23-,25+,27+,31-,32-/m0/s1. The highest BCUT2D eigenvalue weighted by molar-refractivity contribution is 7.90. The van der Waals surface area contributed by atoms with Crippen molar-refractivity contribution in [2.24, 2.45) is 11.8 Å². The number of amides is 1. The minimum atomic E-state index is -4.92. The zero-order valence-electron chi connectivity index (χ0n) is 25.1. The first-order valence-corrected chi connectivity index (χ1v) is 17.5. The largest absolute Gasteiger partial charge is 0.490 e. The highest BCUT2D eigenvalue weighted by Crippen LogP contribution is 2.52. The molecule has 0 radical (unpaired) electrons. The van der Waals surface area contributed by atoms with E-state index in [0.717, 1.165) is 36.5 Å². The van der Waals surface area contributed by atoms with Crippen molar-refractivity contribution >= 4 is 33.2 Å². The van der Waals surface area contributed by atoms with Crippen molar-refractivity contribution in [3.05, 3.63) is 70.3 Å². The molecule has 2 heterocycles. The number of allylic oxidation sites excluding steroid dienone is 1. The molecule has 2 bridgehead atoms. The number of sulfonamides is 1. The zero-order chi connectivity index (χ0) is 32.2. The third kappa shape index (κ3) is 5.84. The van der Waals surface area contributed by atoms with E-state index in [2.05, 4.69) is 4.72 Å². The molecule has 0 saturated heterocycles. The summed E-state index contributed by atoms with van der Waals surface area (Å²) in [7, 11) is -4.14. The summed E-state index contributed by atoms with van der Waals surface area (Å²) >= 11 is 6.34. The highest BCUT2D eigenvalue weighted by Gasteiger charge is 2.61. The number of anilines is 1. The van der Waals surface area contributed by atoms with Gasteiger partial charge >= 0.3 is 6.18 Å². The first kappa shape index (κ1) is 32.2. The third-order valence-electron chi connectivity index (χ3n) is 10.3. The van der Waals surface area contributed by atoms with Gasteiger partial charge in [-0.05, 0) is 105 Å². The monoisotopic (exact) mass is 666 g/mol. The second kappa shape index (κ2) is 11.8. The molecule has 45 heavy (non-hydrogen) atoms. The number of carbonyl (C=O) groups excluding carboxylic acids is 1. The number of ether oxygens (including phenoxy) is 1. The maximum atomic E-state index is 14.6. The number of alkyl halides is 3. The Kier molecular flexibility index (Phi) is 8.44. The van der Waals surface area contributed by atoms with Crippen molar-refractivity contribution in [3.8, 4) is 5.75 Å². The number of nitrogens with zero attached hydrogens (tertiary/aromatic N) is 1. The minimum Gasteiger partial charge on any atom is -0.490 e. The van der Waals surface area contributed by atoms with E-state index in [0.29, 0.717) is 36.0 Å². The molecule has 12 heteroatoms. The topological polar surface area (TPSA) is 95.9 Å². The SMILES string of the molecule is CC[C@@H]1CC/C=C/[C@@](O)(C(F)(F)F)[C@@H]2CC[C@H]2CN2C[C@@]3(CCCc4cc(Cl)ccc43)COc3ccc(cc32)C(=O)NS1(=O)=O. The molecule has 0 aromatic heterocycles. The van der Waals surface area contributed by atoms with E-state index in [4.69, 9.17) is 16.3 Å². The van der Waals surface area contributed by atoms with Crippen molar-refractivity contribution < 1.29 is 36.2 Å². The van der Waals surface area contributed by atoms with Crippen LogP contribution in [-0.4, -0.2) is 56.2 Å². The fourth-order valence-corrected chi connectivity index (χ4v) is 9.35. The number of halogens is 4. The Labute approximate surface area is 266 Å². The lowest BCUT2D eigenvalue weighted by Crippen LogP contribution is -2.58. The number of fused-ring (bicyclic) bond motifs is 4. The van der Waals surface area contributed by atoms with E-state index in [1.807, 2.05) is 23.1 Å². The van der Waals surface area contributed by atoms with Gasteiger partial charge in [0.05, 0.1) is 17.5 Å². The molecule has 5 atom stereocenters. The lowest BCUT2D eigenvalue weighted by atomic mass is 9.63. The van der Waals surface area contributed by atoms with Crippen LogP contribution < -0.4 is 14.4 Å². The van der Waals surface area contributed by atoms with Crippen LogP contribution in [0, 0.1) is 11.8 Å². The normalized spacial score (nSPS) is 32.3. The fraction of sp³-hybridized carbons (Fsp3) is 0.545. The number of aliphatic hydroxyl groups is 1. The van der Waals surface area contributed by atoms with Crippen LogP contribution in [0.25, 0.3) is 0 Å². The molecule has 1 saturated carbocycles. The molecular weight excluding hydrogens is 629 g/mol. The molecule has 2 aliphatic carbocycles. The van der Waals surface area contributed by atoms with Crippen molar-refractivity contribution in [2.45, 2.75) is 80.7 Å². The molecule has 2 aromatic carbocycles.